The van der Waals surface area contributed by atoms with Crippen LogP contribution >= 0.6 is 0 Å². The molecule has 130 valence electrons. The van der Waals surface area contributed by atoms with Crippen molar-refractivity contribution in [2.45, 2.75) is 20.0 Å². The molecule has 2 amide bonds. The molecule has 0 saturated carbocycles. The van der Waals surface area contributed by atoms with E-state index in [2.05, 4.69) is 10.9 Å². The lowest BCUT2D eigenvalue weighted by molar-refractivity contribution is -0.384. The van der Waals surface area contributed by atoms with Crippen LogP contribution in [0.3, 0.4) is 0 Å². The van der Waals surface area contributed by atoms with Gasteiger partial charge in [-0.25, -0.2) is 0 Å². The van der Waals surface area contributed by atoms with E-state index in [0.717, 1.165) is 11.6 Å². The molecule has 0 unspecified atom stereocenters. The average molecular weight is 343 g/mol. The molecular formula is C17H17N3O5. The van der Waals surface area contributed by atoms with Crippen molar-refractivity contribution in [2.75, 3.05) is 0 Å². The molecule has 2 rings (SSSR count). The average Bonchev–Trinajstić information content (AvgIpc) is 2.61. The van der Waals surface area contributed by atoms with Gasteiger partial charge in [0.1, 0.15) is 5.75 Å². The highest BCUT2D eigenvalue weighted by molar-refractivity contribution is 5.96. The Balaban J connectivity index is 1.90. The number of nitro groups is 1. The number of hydrogen-bond acceptors (Lipinski definition) is 5. The minimum absolute atomic E-state index is 0.0570. The third-order valence-electron chi connectivity index (χ3n) is 3.32. The van der Waals surface area contributed by atoms with Crippen LogP contribution in [-0.2, 0) is 4.79 Å². The van der Waals surface area contributed by atoms with Crippen LogP contribution in [0.25, 0.3) is 0 Å². The molecule has 0 aliphatic rings. The van der Waals surface area contributed by atoms with Gasteiger partial charge in [-0.3, -0.25) is 30.6 Å². The van der Waals surface area contributed by atoms with Crippen molar-refractivity contribution in [2.24, 2.45) is 0 Å². The summed E-state index contributed by atoms with van der Waals surface area (Å²) in [4.78, 5) is 34.0. The number of carbonyl (C=O) groups excluding carboxylic acids is 2. The molecule has 2 aromatic carbocycles. The molecule has 25 heavy (non-hydrogen) atoms. The zero-order valence-corrected chi connectivity index (χ0v) is 13.7. The van der Waals surface area contributed by atoms with Crippen molar-refractivity contribution in [3.63, 3.8) is 0 Å². The van der Waals surface area contributed by atoms with Crippen LogP contribution in [0.15, 0.2) is 48.5 Å². The second kappa shape index (κ2) is 7.91. The number of amides is 2. The van der Waals surface area contributed by atoms with E-state index < -0.39 is 22.8 Å². The lowest BCUT2D eigenvalue weighted by atomic mass is 10.2. The van der Waals surface area contributed by atoms with Crippen LogP contribution in [0, 0.1) is 17.0 Å². The van der Waals surface area contributed by atoms with E-state index in [1.165, 1.54) is 25.1 Å². The molecule has 0 spiro atoms. The highest BCUT2D eigenvalue weighted by Gasteiger charge is 2.17. The van der Waals surface area contributed by atoms with Crippen LogP contribution < -0.4 is 15.6 Å². The zero-order chi connectivity index (χ0) is 18.4. The summed E-state index contributed by atoms with van der Waals surface area (Å²) in [5.41, 5.74) is 5.33. The van der Waals surface area contributed by atoms with Crippen molar-refractivity contribution in [1.29, 1.82) is 0 Å². The summed E-state index contributed by atoms with van der Waals surface area (Å²) in [6, 6.07) is 12.4. The number of hydrazine groups is 1. The van der Waals surface area contributed by atoms with Crippen LogP contribution in [0.4, 0.5) is 5.69 Å². The molecule has 0 radical (unpaired) electrons. The molecule has 0 bridgehead atoms. The van der Waals surface area contributed by atoms with Crippen LogP contribution in [0.2, 0.25) is 0 Å². The fourth-order valence-corrected chi connectivity index (χ4v) is 1.93. The number of carbonyl (C=O) groups is 2. The van der Waals surface area contributed by atoms with Crippen LogP contribution in [0.5, 0.6) is 5.75 Å². The van der Waals surface area contributed by atoms with E-state index >= 15 is 0 Å². The van der Waals surface area contributed by atoms with Crippen molar-refractivity contribution >= 4 is 17.5 Å². The summed E-state index contributed by atoms with van der Waals surface area (Å²) < 4.78 is 5.47. The van der Waals surface area contributed by atoms with Gasteiger partial charge < -0.3 is 4.74 Å². The highest BCUT2D eigenvalue weighted by Crippen LogP contribution is 2.14. The van der Waals surface area contributed by atoms with Crippen molar-refractivity contribution in [3.8, 4) is 5.75 Å². The molecule has 0 aliphatic heterocycles. The predicted octanol–water partition coefficient (Wildman–Crippen LogP) is 2.13. The van der Waals surface area contributed by atoms with Crippen LogP contribution in [-0.4, -0.2) is 22.8 Å². The number of rotatable bonds is 5. The summed E-state index contributed by atoms with van der Waals surface area (Å²) in [6.45, 7) is 3.47. The first-order valence-corrected chi connectivity index (χ1v) is 7.45. The Morgan fingerprint density at radius 2 is 1.80 bits per heavy atom. The van der Waals surface area contributed by atoms with Gasteiger partial charge in [0, 0.05) is 17.7 Å². The monoisotopic (exact) mass is 343 g/mol. The minimum Gasteiger partial charge on any atom is -0.481 e. The summed E-state index contributed by atoms with van der Waals surface area (Å²) in [5, 5.41) is 10.7. The summed E-state index contributed by atoms with van der Waals surface area (Å²) in [7, 11) is 0. The number of nitrogens with one attached hydrogen (secondary N) is 2. The Morgan fingerprint density at radius 3 is 2.44 bits per heavy atom. The van der Waals surface area contributed by atoms with E-state index in [-0.39, 0.29) is 11.3 Å². The van der Waals surface area contributed by atoms with E-state index in [9.17, 15) is 19.7 Å². The van der Waals surface area contributed by atoms with Crippen molar-refractivity contribution in [1.82, 2.24) is 10.9 Å². The number of hydrogen-bond donors (Lipinski definition) is 2. The molecule has 8 nitrogen and oxygen atoms in total. The standard InChI is InChI=1S/C17H17N3O5/c1-11-6-8-15(9-7-11)25-12(2)16(21)18-19-17(22)13-4-3-5-14(10-13)20(23)24/h3-10,12H,1-2H3,(H,18,21)(H,19,22)/t12-/m1/s1. The number of nitrogens with zero attached hydrogens (tertiary/aromatic N) is 1. The second-order valence-corrected chi connectivity index (χ2v) is 5.32. The predicted molar refractivity (Wildman–Crippen MR) is 90.0 cm³/mol. The largest absolute Gasteiger partial charge is 0.481 e. The van der Waals surface area contributed by atoms with Crippen LogP contribution in [0.1, 0.15) is 22.8 Å². The van der Waals surface area contributed by atoms with Gasteiger partial charge in [0.25, 0.3) is 17.5 Å². The maximum absolute atomic E-state index is 12.0. The third-order valence-corrected chi connectivity index (χ3v) is 3.32. The molecule has 0 heterocycles. The summed E-state index contributed by atoms with van der Waals surface area (Å²) >= 11 is 0. The van der Waals surface area contributed by atoms with E-state index in [1.54, 1.807) is 12.1 Å². The Labute approximate surface area is 143 Å². The first kappa shape index (κ1) is 17.9. The Kier molecular flexibility index (Phi) is 5.67. The smallest absolute Gasteiger partial charge is 0.279 e. The molecule has 2 aromatic rings. The maximum atomic E-state index is 12.0. The summed E-state index contributed by atoms with van der Waals surface area (Å²) in [6.07, 6.45) is -0.840. The molecule has 0 fully saturated rings. The quantitative estimate of drug-likeness (QED) is 0.638. The maximum Gasteiger partial charge on any atom is 0.279 e. The van der Waals surface area contributed by atoms with Gasteiger partial charge in [-0.15, -0.1) is 0 Å². The molecule has 8 heteroatoms. The van der Waals surface area contributed by atoms with E-state index in [0.29, 0.717) is 5.75 Å². The Morgan fingerprint density at radius 1 is 1.12 bits per heavy atom. The Bertz CT molecular complexity index is 789. The van der Waals surface area contributed by atoms with Crippen molar-refractivity contribution < 1.29 is 19.2 Å². The number of nitro benzene ring substituents is 1. The molecule has 2 N–H and O–H groups in total. The SMILES string of the molecule is Cc1ccc(O[C@H](C)C(=O)NNC(=O)c2cccc([N+](=O)[O-])c2)cc1. The van der Waals surface area contributed by atoms with Gasteiger partial charge in [0.05, 0.1) is 4.92 Å². The fourth-order valence-electron chi connectivity index (χ4n) is 1.93. The minimum atomic E-state index is -0.840. The molecule has 0 saturated heterocycles. The van der Waals surface area contributed by atoms with Crippen molar-refractivity contribution in [3.05, 3.63) is 69.8 Å². The highest BCUT2D eigenvalue weighted by atomic mass is 16.6. The molecular weight excluding hydrogens is 326 g/mol. The van der Waals surface area contributed by atoms with Gasteiger partial charge in [-0.1, -0.05) is 23.8 Å². The third kappa shape index (κ3) is 5.03. The number of aryl methyl sites for hydroxylation is 1. The second-order valence-electron chi connectivity index (χ2n) is 5.32. The van der Waals surface area contributed by atoms with Gasteiger partial charge in [0.2, 0.25) is 0 Å². The number of non-ortho nitro benzene ring substituents is 1. The normalized spacial score (nSPS) is 11.3. The van der Waals surface area contributed by atoms with Gasteiger partial charge >= 0.3 is 0 Å². The lowest BCUT2D eigenvalue weighted by Gasteiger charge is -2.15. The first-order valence-electron chi connectivity index (χ1n) is 7.45. The van der Waals surface area contributed by atoms with Gasteiger partial charge in [-0.05, 0) is 32.0 Å². The first-order chi connectivity index (χ1) is 11.9. The van der Waals surface area contributed by atoms with E-state index in [4.69, 9.17) is 4.74 Å². The number of ether oxygens (including phenoxy) is 1. The molecule has 0 aromatic heterocycles. The molecule has 1 atom stereocenters. The Hall–Kier alpha value is -3.42. The molecule has 0 aliphatic carbocycles. The number of benzene rings is 2. The van der Waals surface area contributed by atoms with E-state index in [1.807, 2.05) is 19.1 Å². The van der Waals surface area contributed by atoms with Gasteiger partial charge in [-0.2, -0.15) is 0 Å². The lowest BCUT2D eigenvalue weighted by Crippen LogP contribution is -2.47. The summed E-state index contributed by atoms with van der Waals surface area (Å²) in [5.74, 6) is -0.697. The topological polar surface area (TPSA) is 111 Å². The fraction of sp³-hybridized carbons (Fsp3) is 0.176. The zero-order valence-electron chi connectivity index (χ0n) is 13.7. The van der Waals surface area contributed by atoms with Gasteiger partial charge in [0.15, 0.2) is 6.10 Å².